The van der Waals surface area contributed by atoms with Crippen molar-refractivity contribution in [2.45, 2.75) is 61.6 Å². The molecule has 0 bridgehead atoms. The lowest BCUT2D eigenvalue weighted by Crippen LogP contribution is -2.50. The zero-order valence-electron chi connectivity index (χ0n) is 35.4. The number of anilines is 1. The van der Waals surface area contributed by atoms with Crippen LogP contribution in [-0.4, -0.2) is 115 Å². The van der Waals surface area contributed by atoms with Gasteiger partial charge in [-0.3, -0.25) is 14.4 Å². The van der Waals surface area contributed by atoms with E-state index in [9.17, 15) is 45.1 Å². The Hall–Kier alpha value is -5.59. The van der Waals surface area contributed by atoms with Crippen LogP contribution < -0.4 is 5.73 Å². The number of carbonyl (C=O) groups is 3. The van der Waals surface area contributed by atoms with Crippen molar-refractivity contribution in [2.75, 3.05) is 72.4 Å². The fourth-order valence-electron chi connectivity index (χ4n) is 9.07. The average molecular weight is 899 g/mol. The van der Waals surface area contributed by atoms with Gasteiger partial charge >= 0.3 is 12.4 Å². The number of nitrogen functional groups attached to an aromatic ring is 1. The van der Waals surface area contributed by atoms with Gasteiger partial charge in [0.1, 0.15) is 30.4 Å². The van der Waals surface area contributed by atoms with E-state index in [-0.39, 0.29) is 54.7 Å². The number of hydrogen-bond acceptors (Lipinski definition) is 8. The number of nitrogens with two attached hydrogens (primary N) is 1. The molecule has 1 aliphatic carbocycles. The monoisotopic (exact) mass is 898 g/mol. The van der Waals surface area contributed by atoms with Gasteiger partial charge in [0, 0.05) is 44.7 Å². The number of carbonyl (C=O) groups excluding carboxylic acids is 3. The van der Waals surface area contributed by atoms with E-state index in [0.717, 1.165) is 10.5 Å². The van der Waals surface area contributed by atoms with Crippen molar-refractivity contribution in [1.29, 1.82) is 0 Å². The third kappa shape index (κ3) is 10.0. The maximum atomic E-state index is 14.1. The number of likely N-dealkylation sites (tertiary alicyclic amines) is 1. The second-order valence-corrected chi connectivity index (χ2v) is 16.9. The molecule has 0 saturated carbocycles. The molecule has 3 heterocycles. The highest BCUT2D eigenvalue weighted by atomic mass is 19.4. The first-order valence-corrected chi connectivity index (χ1v) is 20.9. The predicted octanol–water partition coefficient (Wildman–Crippen LogP) is 7.15. The molecule has 7 rings (SSSR count). The number of amides is 3. The highest BCUT2D eigenvalue weighted by molar-refractivity contribution is 5.95. The zero-order valence-corrected chi connectivity index (χ0v) is 35.4. The SMILES string of the molecule is CN(CCCN(C)C(=O)c1ccc(N)cn1)C(=O)CO[C@H]1Cc2ccccc2C12CCN(CC[C@@]1(c3ccc(F)cc3)CN(C(=O)c3cc(C(F)(F)F)cc(C(F)(F)F)c3)CO1)CC2. The second kappa shape index (κ2) is 18.5. The van der Waals surface area contributed by atoms with Crippen LogP contribution in [0.15, 0.2) is 85.1 Å². The van der Waals surface area contributed by atoms with Crippen molar-refractivity contribution in [2.24, 2.45) is 0 Å². The summed E-state index contributed by atoms with van der Waals surface area (Å²) in [6.07, 6.45) is -6.32. The van der Waals surface area contributed by atoms with Gasteiger partial charge in [0.25, 0.3) is 11.8 Å². The van der Waals surface area contributed by atoms with Crippen LogP contribution in [0.25, 0.3) is 0 Å². The van der Waals surface area contributed by atoms with E-state index in [1.165, 1.54) is 36.0 Å². The summed E-state index contributed by atoms with van der Waals surface area (Å²) in [7, 11) is 3.37. The minimum absolute atomic E-state index is 0.0301. The van der Waals surface area contributed by atoms with Crippen molar-refractivity contribution < 1.29 is 54.6 Å². The summed E-state index contributed by atoms with van der Waals surface area (Å²) in [6, 6.07) is 17.5. The Bertz CT molecular complexity index is 2290. The molecule has 4 aromatic rings. The summed E-state index contributed by atoms with van der Waals surface area (Å²) in [6.45, 7) is 1.73. The highest BCUT2D eigenvalue weighted by Crippen LogP contribution is 2.48. The fraction of sp³-hybridized carbons (Fsp3) is 0.435. The number of rotatable bonds is 13. The first-order chi connectivity index (χ1) is 30.3. The molecule has 0 radical (unpaired) electrons. The largest absolute Gasteiger partial charge is 0.416 e. The van der Waals surface area contributed by atoms with Crippen LogP contribution in [0, 0.1) is 5.82 Å². The molecular formula is C46H49F7N6O5. The number of benzene rings is 3. The number of hydrogen-bond donors (Lipinski definition) is 1. The van der Waals surface area contributed by atoms with Crippen LogP contribution >= 0.6 is 0 Å². The topological polar surface area (TPSA) is 122 Å². The van der Waals surface area contributed by atoms with Gasteiger partial charge in [0.2, 0.25) is 5.91 Å². The number of halogens is 7. The Kier molecular flexibility index (Phi) is 13.4. The molecule has 1 spiro atoms. The summed E-state index contributed by atoms with van der Waals surface area (Å²) in [5, 5.41) is 0. The predicted molar refractivity (Wildman–Crippen MR) is 221 cm³/mol. The maximum Gasteiger partial charge on any atom is 0.416 e. The number of pyridine rings is 1. The summed E-state index contributed by atoms with van der Waals surface area (Å²) in [5.41, 5.74) is 3.61. The van der Waals surface area contributed by atoms with Crippen molar-refractivity contribution in [3.05, 3.63) is 130 Å². The molecule has 18 heteroatoms. The minimum Gasteiger partial charge on any atom is -0.397 e. The van der Waals surface area contributed by atoms with E-state index in [1.54, 1.807) is 36.0 Å². The number of likely N-dealkylation sites (N-methyl/N-ethyl adjacent to an activating group) is 1. The number of ether oxygens (including phenoxy) is 2. The molecule has 1 aromatic heterocycles. The van der Waals surface area contributed by atoms with Crippen LogP contribution in [0.1, 0.15) is 74.3 Å². The van der Waals surface area contributed by atoms with E-state index in [0.29, 0.717) is 81.8 Å². The number of piperidine rings is 1. The number of aromatic nitrogens is 1. The minimum atomic E-state index is -5.13. The van der Waals surface area contributed by atoms with Gasteiger partial charge in [-0.2, -0.15) is 26.3 Å². The van der Waals surface area contributed by atoms with Crippen LogP contribution in [0.4, 0.5) is 36.4 Å². The van der Waals surface area contributed by atoms with E-state index < -0.39 is 53.1 Å². The third-order valence-electron chi connectivity index (χ3n) is 12.8. The van der Waals surface area contributed by atoms with Crippen molar-refractivity contribution >= 4 is 23.4 Å². The van der Waals surface area contributed by atoms with Crippen molar-refractivity contribution in [1.82, 2.24) is 24.6 Å². The third-order valence-corrected chi connectivity index (χ3v) is 12.8. The highest BCUT2D eigenvalue weighted by Gasteiger charge is 2.50. The average Bonchev–Trinajstić information content (AvgIpc) is 3.84. The molecule has 342 valence electrons. The van der Waals surface area contributed by atoms with Crippen LogP contribution in [0.5, 0.6) is 0 Å². The first kappa shape index (κ1) is 46.4. The number of fused-ring (bicyclic) bond motifs is 2. The Balaban J connectivity index is 0.983. The van der Waals surface area contributed by atoms with Crippen molar-refractivity contribution in [3.8, 4) is 0 Å². The van der Waals surface area contributed by atoms with Gasteiger partial charge in [-0.1, -0.05) is 36.4 Å². The molecule has 2 N–H and O–H groups in total. The number of nitrogens with zero attached hydrogens (tertiary/aromatic N) is 5. The van der Waals surface area contributed by atoms with Crippen molar-refractivity contribution in [3.63, 3.8) is 0 Å². The molecule has 3 aromatic carbocycles. The van der Waals surface area contributed by atoms with Gasteiger partial charge < -0.3 is 34.8 Å². The lowest BCUT2D eigenvalue weighted by Gasteiger charge is -2.44. The van der Waals surface area contributed by atoms with Crippen LogP contribution in [0.2, 0.25) is 0 Å². The molecule has 0 unspecified atom stereocenters. The standard InChI is InChI=1S/C46H49F7N6O5/c1-56(17-5-18-57(2)42(62)38-13-12-36(54)26-55-38)40(60)27-63-39-24-30-6-3-4-7-37(30)43(39)14-19-58(20-15-43)21-16-44(32-8-10-35(47)11-9-32)28-59(29-64-44)41(61)31-22-33(45(48,49)50)25-34(23-31)46(51,52)53/h3-4,6-13,22-23,25-26,39H,5,14-21,24,27-29,54H2,1-2H3/t39-,44-/m0/s1. The van der Waals surface area contributed by atoms with Gasteiger partial charge in [-0.25, -0.2) is 9.37 Å². The normalized spacial score (nSPS) is 19.8. The molecule has 11 nitrogen and oxygen atoms in total. The summed E-state index contributed by atoms with van der Waals surface area (Å²) in [5.74, 6) is -2.04. The van der Waals surface area contributed by atoms with E-state index in [2.05, 4.69) is 22.0 Å². The quantitative estimate of drug-likeness (QED) is 0.141. The molecular weight excluding hydrogens is 850 g/mol. The van der Waals surface area contributed by atoms with Gasteiger partial charge in [0.05, 0.1) is 35.7 Å². The van der Waals surface area contributed by atoms with E-state index in [4.69, 9.17) is 15.2 Å². The van der Waals surface area contributed by atoms with Gasteiger partial charge in [0.15, 0.2) is 0 Å². The zero-order chi connectivity index (χ0) is 46.0. The van der Waals surface area contributed by atoms with Gasteiger partial charge in [-0.15, -0.1) is 0 Å². The molecule has 3 aliphatic rings. The van der Waals surface area contributed by atoms with E-state index >= 15 is 0 Å². The van der Waals surface area contributed by atoms with Gasteiger partial charge in [-0.05, 0) is 104 Å². The molecule has 2 saturated heterocycles. The lowest BCUT2D eigenvalue weighted by atomic mass is 9.72. The summed E-state index contributed by atoms with van der Waals surface area (Å²) in [4.78, 5) is 50.2. The Morgan fingerprint density at radius 2 is 1.55 bits per heavy atom. The molecule has 2 fully saturated rings. The smallest absolute Gasteiger partial charge is 0.397 e. The van der Waals surface area contributed by atoms with Crippen LogP contribution in [0.3, 0.4) is 0 Å². The molecule has 2 aliphatic heterocycles. The van der Waals surface area contributed by atoms with E-state index in [1.807, 2.05) is 12.1 Å². The Labute approximate surface area is 365 Å². The Morgan fingerprint density at radius 1 is 0.891 bits per heavy atom. The molecule has 2 atom stereocenters. The number of alkyl halides is 6. The lowest BCUT2D eigenvalue weighted by molar-refractivity contribution is -0.143. The Morgan fingerprint density at radius 3 is 2.19 bits per heavy atom. The second-order valence-electron chi connectivity index (χ2n) is 16.9. The first-order valence-electron chi connectivity index (χ1n) is 20.9. The summed E-state index contributed by atoms with van der Waals surface area (Å²) < 4.78 is 109. The molecule has 3 amide bonds. The molecule has 64 heavy (non-hydrogen) atoms. The summed E-state index contributed by atoms with van der Waals surface area (Å²) >= 11 is 0. The van der Waals surface area contributed by atoms with Crippen LogP contribution in [-0.2, 0) is 44.1 Å². The fourth-order valence-corrected chi connectivity index (χ4v) is 9.07. The maximum absolute atomic E-state index is 14.1.